The van der Waals surface area contributed by atoms with Crippen molar-refractivity contribution >= 4 is 23.6 Å². The topological polar surface area (TPSA) is 134 Å². The van der Waals surface area contributed by atoms with Crippen LogP contribution in [0.4, 0.5) is 0 Å². The second kappa shape index (κ2) is 8.95. The van der Waals surface area contributed by atoms with Gasteiger partial charge >= 0.3 is 0 Å². The normalized spacial score (nSPS) is 12.6. The molecule has 3 aromatic rings. The first-order valence-corrected chi connectivity index (χ1v) is 10.2. The van der Waals surface area contributed by atoms with Crippen LogP contribution in [0.25, 0.3) is 5.69 Å². The number of amides is 4. The van der Waals surface area contributed by atoms with Crippen molar-refractivity contribution in [3.8, 4) is 11.4 Å². The van der Waals surface area contributed by atoms with Crippen molar-refractivity contribution in [3.63, 3.8) is 0 Å². The number of fused-ring (bicyclic) bond motifs is 1. The molecule has 0 spiro atoms. The van der Waals surface area contributed by atoms with Gasteiger partial charge in [-0.05, 0) is 37.6 Å². The lowest BCUT2D eigenvalue weighted by molar-refractivity contribution is -0.122. The fourth-order valence-corrected chi connectivity index (χ4v) is 3.49. The van der Waals surface area contributed by atoms with Crippen LogP contribution >= 0.6 is 0 Å². The SMILES string of the molecule is Cc1ccc2c(c1)C(=O)N(CCCC(=O)NNC(=O)c1nn(-c3ccccc3)cc1O)C2=O. The zero-order valence-corrected chi connectivity index (χ0v) is 17.7. The molecule has 168 valence electrons. The molecule has 0 saturated carbocycles. The van der Waals surface area contributed by atoms with Crippen molar-refractivity contribution in [2.75, 3.05) is 6.54 Å². The number of carbonyl (C=O) groups excluding carboxylic acids is 4. The molecule has 0 atom stereocenters. The van der Waals surface area contributed by atoms with Crippen molar-refractivity contribution in [3.05, 3.63) is 77.1 Å². The van der Waals surface area contributed by atoms with Crippen LogP contribution in [0.3, 0.4) is 0 Å². The zero-order valence-electron chi connectivity index (χ0n) is 17.7. The summed E-state index contributed by atoms with van der Waals surface area (Å²) in [6.07, 6.45) is 1.48. The molecule has 3 N–H and O–H groups in total. The summed E-state index contributed by atoms with van der Waals surface area (Å²) in [5, 5.41) is 14.0. The second-order valence-electron chi connectivity index (χ2n) is 7.56. The number of nitrogens with one attached hydrogen (secondary N) is 2. The van der Waals surface area contributed by atoms with Gasteiger partial charge < -0.3 is 5.11 Å². The quantitative estimate of drug-likeness (QED) is 0.389. The maximum atomic E-state index is 12.5. The standard InChI is InChI=1S/C23H21N5O5/c1-14-9-10-16-17(12-14)23(33)27(22(16)32)11-5-8-19(30)24-25-21(31)20-18(29)13-28(26-20)15-6-3-2-4-7-15/h2-4,6-7,9-10,12-13,29H,5,8,11H2,1H3,(H,24,30)(H,25,31). The van der Waals surface area contributed by atoms with Crippen LogP contribution in [0, 0.1) is 6.92 Å². The fraction of sp³-hybridized carbons (Fsp3) is 0.174. The van der Waals surface area contributed by atoms with E-state index in [1.54, 1.807) is 42.5 Å². The molecular formula is C23H21N5O5. The molecule has 4 amide bonds. The van der Waals surface area contributed by atoms with E-state index in [1.807, 2.05) is 13.0 Å². The Bertz CT molecular complexity index is 1250. The molecule has 4 rings (SSSR count). The highest BCUT2D eigenvalue weighted by atomic mass is 16.3. The third kappa shape index (κ3) is 4.45. The molecule has 10 heteroatoms. The average molecular weight is 447 g/mol. The highest BCUT2D eigenvalue weighted by molar-refractivity contribution is 6.21. The van der Waals surface area contributed by atoms with Crippen molar-refractivity contribution in [1.82, 2.24) is 25.5 Å². The van der Waals surface area contributed by atoms with Gasteiger partial charge in [-0.1, -0.05) is 29.8 Å². The van der Waals surface area contributed by atoms with Crippen LogP contribution < -0.4 is 10.9 Å². The molecule has 1 aromatic heterocycles. The molecule has 33 heavy (non-hydrogen) atoms. The number of aromatic hydroxyl groups is 1. The van der Waals surface area contributed by atoms with E-state index in [0.29, 0.717) is 16.8 Å². The van der Waals surface area contributed by atoms with Crippen LogP contribution in [0.2, 0.25) is 0 Å². The third-order valence-electron chi connectivity index (χ3n) is 5.16. The fourth-order valence-electron chi connectivity index (χ4n) is 3.49. The van der Waals surface area contributed by atoms with Gasteiger partial charge in [0.05, 0.1) is 23.0 Å². The number of nitrogens with zero attached hydrogens (tertiary/aromatic N) is 3. The lowest BCUT2D eigenvalue weighted by atomic mass is 10.1. The molecule has 2 aromatic carbocycles. The molecule has 10 nitrogen and oxygen atoms in total. The van der Waals surface area contributed by atoms with Gasteiger partial charge in [0, 0.05) is 13.0 Å². The van der Waals surface area contributed by atoms with Gasteiger partial charge in [0.25, 0.3) is 17.7 Å². The first-order chi connectivity index (χ1) is 15.8. The van der Waals surface area contributed by atoms with Crippen LogP contribution in [0.5, 0.6) is 5.75 Å². The van der Waals surface area contributed by atoms with Gasteiger partial charge in [0.1, 0.15) is 0 Å². The van der Waals surface area contributed by atoms with Gasteiger partial charge in [0.15, 0.2) is 11.4 Å². The number of hydrazine groups is 1. The Kier molecular flexibility index (Phi) is 5.90. The first kappa shape index (κ1) is 21.8. The van der Waals surface area contributed by atoms with E-state index in [0.717, 1.165) is 10.5 Å². The minimum Gasteiger partial charge on any atom is -0.504 e. The van der Waals surface area contributed by atoms with E-state index in [4.69, 9.17) is 0 Å². The summed E-state index contributed by atoms with van der Waals surface area (Å²) < 4.78 is 1.34. The summed E-state index contributed by atoms with van der Waals surface area (Å²) in [6, 6.07) is 14.0. The number of hydrogen-bond donors (Lipinski definition) is 3. The van der Waals surface area contributed by atoms with E-state index in [2.05, 4.69) is 16.0 Å². The molecule has 0 fully saturated rings. The molecule has 1 aliphatic heterocycles. The van der Waals surface area contributed by atoms with E-state index in [-0.39, 0.29) is 42.6 Å². The maximum Gasteiger partial charge on any atom is 0.294 e. The Morgan fingerprint density at radius 1 is 1.00 bits per heavy atom. The summed E-state index contributed by atoms with van der Waals surface area (Å²) in [4.78, 5) is 50.4. The molecule has 0 unspecified atom stereocenters. The van der Waals surface area contributed by atoms with E-state index in [1.165, 1.54) is 10.9 Å². The molecule has 0 aliphatic carbocycles. The monoisotopic (exact) mass is 447 g/mol. The Balaban J connectivity index is 1.27. The van der Waals surface area contributed by atoms with Crippen molar-refractivity contribution < 1.29 is 24.3 Å². The summed E-state index contributed by atoms with van der Waals surface area (Å²) >= 11 is 0. The van der Waals surface area contributed by atoms with Crippen LogP contribution in [0.15, 0.2) is 54.7 Å². The van der Waals surface area contributed by atoms with Gasteiger partial charge in [0.2, 0.25) is 5.91 Å². The summed E-state index contributed by atoms with van der Waals surface area (Å²) in [6.45, 7) is 1.92. The number of imide groups is 1. The van der Waals surface area contributed by atoms with Crippen LogP contribution in [0.1, 0.15) is 49.6 Å². The number of rotatable bonds is 6. The number of aryl methyl sites for hydroxylation is 1. The van der Waals surface area contributed by atoms with Gasteiger partial charge in [-0.15, -0.1) is 0 Å². The third-order valence-corrected chi connectivity index (χ3v) is 5.16. The van der Waals surface area contributed by atoms with Gasteiger partial charge in [-0.25, -0.2) is 4.68 Å². The predicted octanol–water partition coefficient (Wildman–Crippen LogP) is 1.72. The smallest absolute Gasteiger partial charge is 0.294 e. The van der Waals surface area contributed by atoms with Crippen LogP contribution in [-0.4, -0.2) is 50.0 Å². The number of aromatic nitrogens is 2. The molecule has 2 heterocycles. The highest BCUT2D eigenvalue weighted by Crippen LogP contribution is 2.24. The average Bonchev–Trinajstić information content (AvgIpc) is 3.31. The summed E-state index contributed by atoms with van der Waals surface area (Å²) in [5.41, 5.74) is 6.45. The largest absolute Gasteiger partial charge is 0.504 e. The molecule has 1 aliphatic rings. The maximum absolute atomic E-state index is 12.5. The minimum absolute atomic E-state index is 0.0306. The van der Waals surface area contributed by atoms with E-state index in [9.17, 15) is 24.3 Å². The zero-order chi connectivity index (χ0) is 23.5. The number of para-hydroxylation sites is 1. The predicted molar refractivity (Wildman–Crippen MR) is 117 cm³/mol. The molecule has 0 radical (unpaired) electrons. The lowest BCUT2D eigenvalue weighted by Crippen LogP contribution is -2.42. The van der Waals surface area contributed by atoms with Crippen molar-refractivity contribution in [2.45, 2.75) is 19.8 Å². The Hall–Kier alpha value is -4.47. The van der Waals surface area contributed by atoms with E-state index >= 15 is 0 Å². The number of hydrogen-bond acceptors (Lipinski definition) is 6. The van der Waals surface area contributed by atoms with Crippen LogP contribution in [-0.2, 0) is 4.79 Å². The molecular weight excluding hydrogens is 426 g/mol. The molecule has 0 saturated heterocycles. The minimum atomic E-state index is -0.786. The summed E-state index contributed by atoms with van der Waals surface area (Å²) in [7, 11) is 0. The first-order valence-electron chi connectivity index (χ1n) is 10.2. The van der Waals surface area contributed by atoms with Gasteiger partial charge in [-0.3, -0.25) is 34.9 Å². The Labute approximate surface area is 188 Å². The number of carbonyl (C=O) groups is 4. The number of benzene rings is 2. The molecule has 0 bridgehead atoms. The lowest BCUT2D eigenvalue weighted by Gasteiger charge is -2.13. The van der Waals surface area contributed by atoms with Crippen molar-refractivity contribution in [2.24, 2.45) is 0 Å². The Morgan fingerprint density at radius 3 is 2.48 bits per heavy atom. The Morgan fingerprint density at radius 2 is 1.73 bits per heavy atom. The highest BCUT2D eigenvalue weighted by Gasteiger charge is 2.35. The van der Waals surface area contributed by atoms with E-state index < -0.39 is 11.8 Å². The second-order valence-corrected chi connectivity index (χ2v) is 7.56. The van der Waals surface area contributed by atoms with Crippen molar-refractivity contribution in [1.29, 1.82) is 0 Å². The summed E-state index contributed by atoms with van der Waals surface area (Å²) in [5.74, 6) is -2.40. The van der Waals surface area contributed by atoms with Gasteiger partial charge in [-0.2, -0.15) is 5.10 Å².